The van der Waals surface area contributed by atoms with E-state index in [1.807, 2.05) is 24.3 Å². The van der Waals surface area contributed by atoms with Crippen molar-refractivity contribution in [2.75, 3.05) is 0 Å². The van der Waals surface area contributed by atoms with Crippen LogP contribution >= 0.6 is 0 Å². The Morgan fingerprint density at radius 3 is 2.79 bits per heavy atom. The standard InChI is InChI=1S/C17H22O2/c1-11-7-12(2)9-13(8-11)17-10-15(18)14-5-3-4-6-16(14)19-17/h3-7,11,13,15,17-18H,8-10H2,1-2H3. The quantitative estimate of drug-likeness (QED) is 0.775. The molecule has 0 amide bonds. The van der Waals surface area contributed by atoms with Gasteiger partial charge in [0, 0.05) is 17.9 Å². The first-order valence-electron chi connectivity index (χ1n) is 7.24. The lowest BCUT2D eigenvalue weighted by Crippen LogP contribution is -2.35. The van der Waals surface area contributed by atoms with Crippen molar-refractivity contribution in [2.24, 2.45) is 11.8 Å². The number of hydrogen-bond acceptors (Lipinski definition) is 2. The van der Waals surface area contributed by atoms with Gasteiger partial charge in [-0.3, -0.25) is 0 Å². The molecule has 0 fully saturated rings. The second-order valence-electron chi connectivity index (χ2n) is 6.14. The number of para-hydroxylation sites is 1. The normalized spacial score (nSPS) is 34.2. The Balaban J connectivity index is 1.80. The zero-order valence-corrected chi connectivity index (χ0v) is 11.7. The largest absolute Gasteiger partial charge is 0.490 e. The Bertz CT molecular complexity index is 492. The van der Waals surface area contributed by atoms with Gasteiger partial charge < -0.3 is 9.84 Å². The lowest BCUT2D eigenvalue weighted by Gasteiger charge is -2.37. The van der Waals surface area contributed by atoms with Crippen LogP contribution in [0.2, 0.25) is 0 Å². The highest BCUT2D eigenvalue weighted by atomic mass is 16.5. The van der Waals surface area contributed by atoms with Crippen LogP contribution in [-0.4, -0.2) is 11.2 Å². The fraction of sp³-hybridized carbons (Fsp3) is 0.529. The van der Waals surface area contributed by atoms with Gasteiger partial charge in [0.25, 0.3) is 0 Å². The Morgan fingerprint density at radius 1 is 1.21 bits per heavy atom. The van der Waals surface area contributed by atoms with Gasteiger partial charge in [0.15, 0.2) is 0 Å². The summed E-state index contributed by atoms with van der Waals surface area (Å²) in [4.78, 5) is 0. The predicted octanol–water partition coefficient (Wildman–Crippen LogP) is 3.86. The van der Waals surface area contributed by atoms with Crippen molar-refractivity contribution < 1.29 is 9.84 Å². The van der Waals surface area contributed by atoms with Crippen LogP contribution < -0.4 is 4.74 Å². The third-order valence-electron chi connectivity index (χ3n) is 4.37. The monoisotopic (exact) mass is 258 g/mol. The van der Waals surface area contributed by atoms with Crippen LogP contribution in [0.15, 0.2) is 35.9 Å². The Labute approximate surface area is 115 Å². The van der Waals surface area contributed by atoms with Gasteiger partial charge in [-0.1, -0.05) is 36.8 Å². The van der Waals surface area contributed by atoms with Crippen LogP contribution in [0.5, 0.6) is 5.75 Å². The Morgan fingerprint density at radius 2 is 2.00 bits per heavy atom. The van der Waals surface area contributed by atoms with Crippen molar-refractivity contribution in [1.82, 2.24) is 0 Å². The van der Waals surface area contributed by atoms with Gasteiger partial charge in [-0.15, -0.1) is 0 Å². The van der Waals surface area contributed by atoms with Crippen LogP contribution in [0.1, 0.15) is 44.8 Å². The van der Waals surface area contributed by atoms with Crippen molar-refractivity contribution in [3.8, 4) is 5.75 Å². The average molecular weight is 258 g/mol. The molecule has 3 rings (SSSR count). The predicted molar refractivity (Wildman–Crippen MR) is 76.1 cm³/mol. The summed E-state index contributed by atoms with van der Waals surface area (Å²) >= 11 is 0. The molecule has 0 spiro atoms. The molecule has 1 heterocycles. The highest BCUT2D eigenvalue weighted by Gasteiger charge is 2.34. The lowest BCUT2D eigenvalue weighted by atomic mass is 9.78. The number of benzene rings is 1. The summed E-state index contributed by atoms with van der Waals surface area (Å²) in [7, 11) is 0. The van der Waals surface area contributed by atoms with Gasteiger partial charge in [0.2, 0.25) is 0 Å². The topological polar surface area (TPSA) is 29.5 Å². The van der Waals surface area contributed by atoms with Crippen LogP contribution in [0.4, 0.5) is 0 Å². The summed E-state index contributed by atoms with van der Waals surface area (Å²) < 4.78 is 6.15. The van der Waals surface area contributed by atoms with E-state index in [-0.39, 0.29) is 12.2 Å². The van der Waals surface area contributed by atoms with E-state index in [0.29, 0.717) is 11.8 Å². The minimum Gasteiger partial charge on any atom is -0.490 e. The minimum absolute atomic E-state index is 0.149. The number of fused-ring (bicyclic) bond motifs is 1. The van der Waals surface area contributed by atoms with Gasteiger partial charge in [0.1, 0.15) is 11.9 Å². The molecule has 102 valence electrons. The molecule has 4 atom stereocenters. The van der Waals surface area contributed by atoms with Crippen molar-refractivity contribution in [3.63, 3.8) is 0 Å². The van der Waals surface area contributed by atoms with E-state index in [9.17, 15) is 5.11 Å². The van der Waals surface area contributed by atoms with Gasteiger partial charge in [-0.25, -0.2) is 0 Å². The first-order chi connectivity index (χ1) is 9.13. The summed E-state index contributed by atoms with van der Waals surface area (Å²) in [5, 5.41) is 10.3. The van der Waals surface area contributed by atoms with E-state index in [1.165, 1.54) is 5.57 Å². The SMILES string of the molecule is CC1=CC(C)CC(C2CC(O)c3ccccc3O2)C1. The van der Waals surface area contributed by atoms with Crippen LogP contribution in [0.25, 0.3) is 0 Å². The lowest BCUT2D eigenvalue weighted by molar-refractivity contribution is 0.0273. The summed E-state index contributed by atoms with van der Waals surface area (Å²) in [6.45, 7) is 4.47. The summed E-state index contributed by atoms with van der Waals surface area (Å²) in [5.74, 6) is 2.02. The van der Waals surface area contributed by atoms with Gasteiger partial charge in [-0.05, 0) is 31.7 Å². The molecule has 1 N–H and O–H groups in total. The van der Waals surface area contributed by atoms with Crippen molar-refractivity contribution >= 4 is 0 Å². The number of aliphatic hydroxyl groups is 1. The van der Waals surface area contributed by atoms with E-state index >= 15 is 0 Å². The van der Waals surface area contributed by atoms with Crippen LogP contribution in [-0.2, 0) is 0 Å². The number of aliphatic hydroxyl groups excluding tert-OH is 1. The molecule has 1 aliphatic carbocycles. The first-order valence-corrected chi connectivity index (χ1v) is 7.24. The molecule has 0 saturated heterocycles. The maximum absolute atomic E-state index is 10.3. The third-order valence-corrected chi connectivity index (χ3v) is 4.37. The zero-order valence-electron chi connectivity index (χ0n) is 11.7. The second-order valence-corrected chi connectivity index (χ2v) is 6.14. The van der Waals surface area contributed by atoms with Crippen molar-refractivity contribution in [3.05, 3.63) is 41.5 Å². The molecule has 0 radical (unpaired) electrons. The zero-order chi connectivity index (χ0) is 13.4. The van der Waals surface area contributed by atoms with Crippen LogP contribution in [0.3, 0.4) is 0 Å². The third kappa shape index (κ3) is 2.55. The first kappa shape index (κ1) is 12.7. The molecule has 1 aromatic rings. The molecule has 1 aliphatic heterocycles. The molecule has 0 bridgehead atoms. The molecule has 0 aromatic heterocycles. The Hall–Kier alpha value is -1.28. The molecule has 19 heavy (non-hydrogen) atoms. The highest BCUT2D eigenvalue weighted by Crippen LogP contribution is 2.41. The van der Waals surface area contributed by atoms with E-state index < -0.39 is 0 Å². The van der Waals surface area contributed by atoms with E-state index in [1.54, 1.807) is 0 Å². The number of allylic oxidation sites excluding steroid dienone is 2. The molecule has 4 unspecified atom stereocenters. The minimum atomic E-state index is -0.378. The summed E-state index contributed by atoms with van der Waals surface area (Å²) in [6, 6.07) is 7.87. The molecular weight excluding hydrogens is 236 g/mol. The van der Waals surface area contributed by atoms with Gasteiger partial charge in [-0.2, -0.15) is 0 Å². The van der Waals surface area contributed by atoms with E-state index in [2.05, 4.69) is 19.9 Å². The highest BCUT2D eigenvalue weighted by molar-refractivity contribution is 5.37. The number of ether oxygens (including phenoxy) is 1. The number of rotatable bonds is 1. The maximum atomic E-state index is 10.3. The maximum Gasteiger partial charge on any atom is 0.125 e. The molecular formula is C17H22O2. The van der Waals surface area contributed by atoms with E-state index in [4.69, 9.17) is 4.74 Å². The molecule has 2 aliphatic rings. The van der Waals surface area contributed by atoms with Crippen molar-refractivity contribution in [2.45, 2.75) is 45.3 Å². The molecule has 2 heteroatoms. The van der Waals surface area contributed by atoms with Gasteiger partial charge in [0.05, 0.1) is 6.10 Å². The smallest absolute Gasteiger partial charge is 0.125 e. The van der Waals surface area contributed by atoms with Crippen molar-refractivity contribution in [1.29, 1.82) is 0 Å². The molecule has 0 saturated carbocycles. The second kappa shape index (κ2) is 5.01. The van der Waals surface area contributed by atoms with Crippen LogP contribution in [0, 0.1) is 11.8 Å². The van der Waals surface area contributed by atoms with Gasteiger partial charge >= 0.3 is 0 Å². The molecule has 2 nitrogen and oxygen atoms in total. The summed E-state index contributed by atoms with van der Waals surface area (Å²) in [5.41, 5.74) is 2.40. The Kier molecular flexibility index (Phi) is 3.36. The summed E-state index contributed by atoms with van der Waals surface area (Å²) in [6.07, 6.45) is 5.12. The fourth-order valence-corrected chi connectivity index (χ4v) is 3.59. The van der Waals surface area contributed by atoms with E-state index in [0.717, 1.165) is 30.6 Å². The fourth-order valence-electron chi connectivity index (χ4n) is 3.59. The average Bonchev–Trinajstić information content (AvgIpc) is 2.37. The molecule has 1 aromatic carbocycles. The number of hydrogen-bond donors (Lipinski definition) is 1.